The minimum atomic E-state index is -3.63. The number of hydrogen-bond acceptors (Lipinski definition) is 5. The fraction of sp³-hybridized carbons (Fsp3) is 0.538. The molecule has 7 nitrogen and oxygen atoms in total. The van der Waals surface area contributed by atoms with Crippen molar-refractivity contribution in [2.24, 2.45) is 5.92 Å². The maximum Gasteiger partial charge on any atom is 0.240 e. The van der Waals surface area contributed by atoms with E-state index >= 15 is 0 Å². The van der Waals surface area contributed by atoms with Crippen molar-refractivity contribution in [2.75, 3.05) is 26.7 Å². The smallest absolute Gasteiger partial charge is 0.240 e. The van der Waals surface area contributed by atoms with Gasteiger partial charge in [-0.25, -0.2) is 26.3 Å². The monoisotopic (exact) mass is 383 g/mol. The van der Waals surface area contributed by atoms with E-state index in [9.17, 15) is 16.8 Å². The average Bonchev–Trinajstić information content (AvgIpc) is 2.98. The molecule has 3 N–H and O–H groups in total. The summed E-state index contributed by atoms with van der Waals surface area (Å²) in [5.74, 6) is 0.291. The summed E-state index contributed by atoms with van der Waals surface area (Å²) >= 11 is 0. The molecule has 1 heterocycles. The quantitative estimate of drug-likeness (QED) is 0.651. The van der Waals surface area contributed by atoms with Crippen LogP contribution in [0.2, 0.25) is 0 Å². The van der Waals surface area contributed by atoms with E-state index in [-0.39, 0.29) is 22.2 Å². The molecular formula is C13H22ClN3O4S2. The SMILES string of the molecule is CNS(=O)(=O)c1ccc(S(=O)(=O)NCC2CCNC2)cc1C.Cl. The Morgan fingerprint density at radius 3 is 2.43 bits per heavy atom. The highest BCUT2D eigenvalue weighted by molar-refractivity contribution is 7.90. The Hall–Kier alpha value is -0.710. The lowest BCUT2D eigenvalue weighted by Gasteiger charge is -2.12. The van der Waals surface area contributed by atoms with Crippen molar-refractivity contribution in [3.63, 3.8) is 0 Å². The summed E-state index contributed by atoms with van der Waals surface area (Å²) in [6.45, 7) is 3.66. The second kappa shape index (κ2) is 7.91. The van der Waals surface area contributed by atoms with Gasteiger partial charge >= 0.3 is 0 Å². The van der Waals surface area contributed by atoms with Gasteiger partial charge < -0.3 is 5.32 Å². The molecule has 132 valence electrons. The van der Waals surface area contributed by atoms with Gasteiger partial charge in [0, 0.05) is 6.54 Å². The number of hydrogen-bond donors (Lipinski definition) is 3. The molecule has 1 aromatic rings. The molecule has 1 unspecified atom stereocenters. The van der Waals surface area contributed by atoms with Crippen LogP contribution in [-0.4, -0.2) is 43.5 Å². The molecule has 0 aliphatic carbocycles. The van der Waals surface area contributed by atoms with E-state index in [1.165, 1.54) is 25.2 Å². The topological polar surface area (TPSA) is 104 Å². The largest absolute Gasteiger partial charge is 0.316 e. The first-order chi connectivity index (χ1) is 10.3. The third-order valence-corrected chi connectivity index (χ3v) is 6.74. The Bertz CT molecular complexity index is 744. The molecule has 1 aliphatic heterocycles. The van der Waals surface area contributed by atoms with Crippen LogP contribution in [0.3, 0.4) is 0 Å². The fourth-order valence-corrected chi connectivity index (χ4v) is 4.55. The molecule has 10 heteroatoms. The van der Waals surface area contributed by atoms with E-state index in [1.807, 2.05) is 0 Å². The highest BCUT2D eigenvalue weighted by Gasteiger charge is 2.21. The molecule has 23 heavy (non-hydrogen) atoms. The molecule has 1 saturated heterocycles. The van der Waals surface area contributed by atoms with Gasteiger partial charge in [-0.15, -0.1) is 12.4 Å². The van der Waals surface area contributed by atoms with Gasteiger partial charge in [-0.3, -0.25) is 0 Å². The van der Waals surface area contributed by atoms with Crippen molar-refractivity contribution >= 4 is 32.5 Å². The second-order valence-electron chi connectivity index (χ2n) is 5.35. The lowest BCUT2D eigenvalue weighted by Crippen LogP contribution is -2.30. The lowest BCUT2D eigenvalue weighted by atomic mass is 10.1. The zero-order chi connectivity index (χ0) is 16.4. The third kappa shape index (κ3) is 4.88. The summed E-state index contributed by atoms with van der Waals surface area (Å²) in [5.41, 5.74) is 0.389. The van der Waals surface area contributed by atoms with E-state index in [4.69, 9.17) is 0 Å². The van der Waals surface area contributed by atoms with Crippen molar-refractivity contribution in [1.29, 1.82) is 0 Å². The number of rotatable bonds is 6. The van der Waals surface area contributed by atoms with Crippen LogP contribution < -0.4 is 14.8 Å². The molecule has 0 saturated carbocycles. The zero-order valence-corrected chi connectivity index (χ0v) is 15.4. The van der Waals surface area contributed by atoms with Crippen LogP contribution in [-0.2, 0) is 20.0 Å². The Morgan fingerprint density at radius 1 is 1.22 bits per heavy atom. The van der Waals surface area contributed by atoms with Gasteiger partial charge in [0.1, 0.15) is 0 Å². The zero-order valence-electron chi connectivity index (χ0n) is 13.0. The van der Waals surface area contributed by atoms with Gasteiger partial charge in [-0.2, -0.15) is 0 Å². The standard InChI is InChI=1S/C13H21N3O4S2.ClH/c1-10-7-12(3-4-13(10)22(19,20)14-2)21(17,18)16-9-11-5-6-15-8-11;/h3-4,7,11,14-16H,5-6,8-9H2,1-2H3;1H. The molecule has 0 aromatic heterocycles. The van der Waals surface area contributed by atoms with Crippen LogP contribution in [0.15, 0.2) is 28.0 Å². The van der Waals surface area contributed by atoms with Crippen LogP contribution >= 0.6 is 12.4 Å². The first-order valence-electron chi connectivity index (χ1n) is 7.01. The highest BCUT2D eigenvalue weighted by atomic mass is 35.5. The van der Waals surface area contributed by atoms with Gasteiger partial charge in [-0.1, -0.05) is 0 Å². The summed E-state index contributed by atoms with van der Waals surface area (Å²) in [5, 5.41) is 3.18. The second-order valence-corrected chi connectivity index (χ2v) is 8.97. The molecule has 1 fully saturated rings. The summed E-state index contributed by atoms with van der Waals surface area (Å²) in [6, 6.07) is 4.00. The van der Waals surface area contributed by atoms with Gasteiger partial charge in [0.25, 0.3) is 0 Å². The summed E-state index contributed by atoms with van der Waals surface area (Å²) < 4.78 is 53.0. The van der Waals surface area contributed by atoms with Crippen molar-refractivity contribution in [2.45, 2.75) is 23.1 Å². The van der Waals surface area contributed by atoms with Crippen molar-refractivity contribution in [1.82, 2.24) is 14.8 Å². The van der Waals surface area contributed by atoms with Crippen LogP contribution in [0.5, 0.6) is 0 Å². The summed E-state index contributed by atoms with van der Waals surface area (Å²) in [6.07, 6.45) is 0.945. The minimum absolute atomic E-state index is 0. The lowest BCUT2D eigenvalue weighted by molar-refractivity contribution is 0.538. The number of sulfonamides is 2. The third-order valence-electron chi connectivity index (χ3n) is 3.74. The van der Waals surface area contributed by atoms with Gasteiger partial charge in [0.15, 0.2) is 0 Å². The van der Waals surface area contributed by atoms with E-state index in [1.54, 1.807) is 6.92 Å². The van der Waals surface area contributed by atoms with Crippen molar-refractivity contribution in [3.8, 4) is 0 Å². The first kappa shape index (κ1) is 20.3. The Balaban J connectivity index is 0.00000264. The number of nitrogens with one attached hydrogen (secondary N) is 3. The van der Waals surface area contributed by atoms with Crippen LogP contribution in [0.4, 0.5) is 0 Å². The Kier molecular flexibility index (Phi) is 6.99. The molecule has 0 amide bonds. The Morgan fingerprint density at radius 2 is 1.91 bits per heavy atom. The predicted octanol–water partition coefficient (Wildman–Crippen LogP) is 0.213. The molecule has 0 bridgehead atoms. The normalized spacial score (nSPS) is 18.6. The van der Waals surface area contributed by atoms with Gasteiger partial charge in [-0.05, 0) is 63.2 Å². The van der Waals surface area contributed by atoms with E-state index in [2.05, 4.69) is 14.8 Å². The minimum Gasteiger partial charge on any atom is -0.316 e. The molecule has 2 rings (SSSR count). The summed E-state index contributed by atoms with van der Waals surface area (Å²) in [7, 11) is -5.91. The van der Waals surface area contributed by atoms with Crippen LogP contribution in [0.25, 0.3) is 0 Å². The summed E-state index contributed by atoms with van der Waals surface area (Å²) in [4.78, 5) is 0.153. The van der Waals surface area contributed by atoms with Crippen LogP contribution in [0.1, 0.15) is 12.0 Å². The first-order valence-corrected chi connectivity index (χ1v) is 9.97. The molecule has 1 aliphatic rings. The van der Waals surface area contributed by atoms with Crippen molar-refractivity contribution < 1.29 is 16.8 Å². The van der Waals surface area contributed by atoms with Crippen LogP contribution in [0, 0.1) is 12.8 Å². The maximum atomic E-state index is 12.3. The molecule has 0 spiro atoms. The number of aryl methyl sites for hydroxylation is 1. The van der Waals surface area contributed by atoms with E-state index < -0.39 is 20.0 Å². The predicted molar refractivity (Wildman–Crippen MR) is 90.8 cm³/mol. The Labute approximate surface area is 143 Å². The number of halogens is 1. The molecular weight excluding hydrogens is 362 g/mol. The van der Waals surface area contributed by atoms with Crippen molar-refractivity contribution in [3.05, 3.63) is 23.8 Å². The van der Waals surface area contributed by atoms with Gasteiger partial charge in [0.2, 0.25) is 20.0 Å². The maximum absolute atomic E-state index is 12.3. The van der Waals surface area contributed by atoms with Gasteiger partial charge in [0.05, 0.1) is 9.79 Å². The van der Waals surface area contributed by atoms with E-state index in [0.717, 1.165) is 19.5 Å². The highest BCUT2D eigenvalue weighted by Crippen LogP contribution is 2.19. The molecule has 1 atom stereocenters. The molecule has 0 radical (unpaired) electrons. The van der Waals surface area contributed by atoms with E-state index in [0.29, 0.717) is 18.0 Å². The molecule has 1 aromatic carbocycles. The fourth-order valence-electron chi connectivity index (χ4n) is 2.40. The average molecular weight is 384 g/mol. The number of benzene rings is 1.